The molecule has 4 nitrogen and oxygen atoms in total. The zero-order chi connectivity index (χ0) is 19.7. The monoisotopic (exact) mass is 373 g/mol. The summed E-state index contributed by atoms with van der Waals surface area (Å²) in [5.74, 6) is 0. The number of rotatable bonds is 9. The fourth-order valence-corrected chi connectivity index (χ4v) is 3.96. The van der Waals surface area contributed by atoms with E-state index in [2.05, 4.69) is 49.2 Å². The van der Waals surface area contributed by atoms with Crippen molar-refractivity contribution in [1.82, 2.24) is 0 Å². The average molecular weight is 374 g/mol. The molecule has 0 bridgehead atoms. The van der Waals surface area contributed by atoms with Crippen LogP contribution in [-0.4, -0.2) is 39.1 Å². The lowest BCUT2D eigenvalue weighted by atomic mass is 9.89. The lowest BCUT2D eigenvalue weighted by Crippen LogP contribution is -2.27. The Morgan fingerprint density at radius 2 is 1.81 bits per heavy atom. The van der Waals surface area contributed by atoms with Crippen LogP contribution < -0.4 is 10.2 Å². The lowest BCUT2D eigenvalue weighted by Gasteiger charge is -2.28. The summed E-state index contributed by atoms with van der Waals surface area (Å²) in [6.45, 7) is 10.0. The van der Waals surface area contributed by atoms with Crippen LogP contribution in [0.5, 0.6) is 0 Å². The van der Waals surface area contributed by atoms with Gasteiger partial charge in [-0.05, 0) is 42.9 Å². The maximum atomic E-state index is 8.48. The Kier molecular flexibility index (Phi) is 8.62. The van der Waals surface area contributed by atoms with Gasteiger partial charge in [-0.25, -0.2) is 0 Å². The number of nitrogens with zero attached hydrogens (tertiary/aromatic N) is 1. The fraction of sp³-hybridized carbons (Fsp3) is 0.696. The van der Waals surface area contributed by atoms with Gasteiger partial charge in [-0.15, -0.1) is 0 Å². The molecule has 27 heavy (non-hydrogen) atoms. The lowest BCUT2D eigenvalue weighted by molar-refractivity contribution is 0.0810. The summed E-state index contributed by atoms with van der Waals surface area (Å²) >= 11 is 0. The van der Waals surface area contributed by atoms with E-state index >= 15 is 0 Å². The van der Waals surface area contributed by atoms with Crippen LogP contribution in [0.1, 0.15) is 71.3 Å². The van der Waals surface area contributed by atoms with Gasteiger partial charge >= 0.3 is 0 Å². The van der Waals surface area contributed by atoms with Crippen molar-refractivity contribution in [3.63, 3.8) is 0 Å². The van der Waals surface area contributed by atoms with Crippen molar-refractivity contribution in [2.45, 2.75) is 65.7 Å². The Balaban J connectivity index is 2.01. The molecule has 1 saturated heterocycles. The highest BCUT2D eigenvalue weighted by atomic mass is 16.5. The summed E-state index contributed by atoms with van der Waals surface area (Å²) in [6, 6.07) is 6.46. The first kappa shape index (κ1) is 21.7. The molecule has 0 aromatic heterocycles. The second kappa shape index (κ2) is 10.7. The third kappa shape index (κ3) is 6.84. The number of benzene rings is 1. The summed E-state index contributed by atoms with van der Waals surface area (Å²) in [5.41, 5.74) is 3.96. The van der Waals surface area contributed by atoms with E-state index in [1.165, 1.54) is 37.8 Å². The molecular formula is C23H39N3O. The number of hydrogen-bond acceptors (Lipinski definition) is 4. The van der Waals surface area contributed by atoms with Gasteiger partial charge in [0.05, 0.1) is 18.9 Å². The van der Waals surface area contributed by atoms with Gasteiger partial charge in [0.15, 0.2) is 0 Å². The summed E-state index contributed by atoms with van der Waals surface area (Å²) in [6.07, 6.45) is 8.90. The first-order valence-corrected chi connectivity index (χ1v) is 10.7. The highest BCUT2D eigenvalue weighted by Crippen LogP contribution is 2.27. The van der Waals surface area contributed by atoms with Gasteiger partial charge in [-0.1, -0.05) is 46.5 Å². The van der Waals surface area contributed by atoms with E-state index in [9.17, 15) is 0 Å². The predicted octanol–water partition coefficient (Wildman–Crippen LogP) is 5.71. The molecule has 152 valence electrons. The molecule has 0 aliphatic carbocycles. The molecule has 2 rings (SSSR count). The molecule has 1 aliphatic rings. The van der Waals surface area contributed by atoms with E-state index < -0.39 is 0 Å². The largest absolute Gasteiger partial charge is 0.388 e. The highest BCUT2D eigenvalue weighted by Gasteiger charge is 2.18. The SMILES string of the molecule is CCCC(C)(C)COCC(=N)c1ccc(N2CCCCCCC2)cc1NC. The minimum Gasteiger partial charge on any atom is -0.388 e. The summed E-state index contributed by atoms with van der Waals surface area (Å²) < 4.78 is 5.88. The van der Waals surface area contributed by atoms with Gasteiger partial charge in [-0.2, -0.15) is 0 Å². The van der Waals surface area contributed by atoms with Crippen LogP contribution in [0.15, 0.2) is 18.2 Å². The van der Waals surface area contributed by atoms with E-state index in [0.29, 0.717) is 18.9 Å². The first-order chi connectivity index (χ1) is 13.0. The maximum absolute atomic E-state index is 8.48. The molecule has 0 atom stereocenters. The van der Waals surface area contributed by atoms with Crippen molar-refractivity contribution in [3.05, 3.63) is 23.8 Å². The Hall–Kier alpha value is -1.55. The van der Waals surface area contributed by atoms with Gasteiger partial charge < -0.3 is 20.4 Å². The van der Waals surface area contributed by atoms with Crippen molar-refractivity contribution in [1.29, 1.82) is 5.41 Å². The molecule has 1 aliphatic heterocycles. The van der Waals surface area contributed by atoms with Crippen molar-refractivity contribution in [2.75, 3.05) is 43.6 Å². The van der Waals surface area contributed by atoms with Crippen LogP contribution in [0, 0.1) is 10.8 Å². The van der Waals surface area contributed by atoms with Crippen molar-refractivity contribution in [2.24, 2.45) is 5.41 Å². The van der Waals surface area contributed by atoms with Crippen LogP contribution in [0.2, 0.25) is 0 Å². The predicted molar refractivity (Wildman–Crippen MR) is 118 cm³/mol. The number of ether oxygens (including phenoxy) is 1. The minimum atomic E-state index is 0.177. The highest BCUT2D eigenvalue weighted by molar-refractivity contribution is 6.04. The van der Waals surface area contributed by atoms with Crippen molar-refractivity contribution in [3.8, 4) is 0 Å². The van der Waals surface area contributed by atoms with Gasteiger partial charge in [-0.3, -0.25) is 0 Å². The molecular weight excluding hydrogens is 334 g/mol. The zero-order valence-electron chi connectivity index (χ0n) is 17.9. The smallest absolute Gasteiger partial charge is 0.0887 e. The van der Waals surface area contributed by atoms with Gasteiger partial charge in [0.1, 0.15) is 0 Å². The minimum absolute atomic E-state index is 0.177. The summed E-state index contributed by atoms with van der Waals surface area (Å²) in [4.78, 5) is 2.50. The molecule has 0 saturated carbocycles. The van der Waals surface area contributed by atoms with Gasteiger partial charge in [0.25, 0.3) is 0 Å². The fourth-order valence-electron chi connectivity index (χ4n) is 3.96. The Labute approximate surface area is 166 Å². The third-order valence-corrected chi connectivity index (χ3v) is 5.48. The molecule has 0 spiro atoms. The van der Waals surface area contributed by atoms with Crippen LogP contribution in [-0.2, 0) is 4.74 Å². The molecule has 1 aromatic rings. The van der Waals surface area contributed by atoms with Crippen LogP contribution >= 0.6 is 0 Å². The topological polar surface area (TPSA) is 48.4 Å². The number of hydrogen-bond donors (Lipinski definition) is 2. The molecule has 1 heterocycles. The van der Waals surface area contributed by atoms with E-state index in [4.69, 9.17) is 10.1 Å². The van der Waals surface area contributed by atoms with Crippen LogP contribution in [0.25, 0.3) is 0 Å². The molecule has 4 heteroatoms. The van der Waals surface area contributed by atoms with E-state index in [0.717, 1.165) is 37.2 Å². The maximum Gasteiger partial charge on any atom is 0.0887 e. The molecule has 2 N–H and O–H groups in total. The summed E-state index contributed by atoms with van der Waals surface area (Å²) in [5, 5.41) is 11.8. The average Bonchev–Trinajstić information content (AvgIpc) is 2.60. The van der Waals surface area contributed by atoms with Crippen LogP contribution in [0.4, 0.5) is 11.4 Å². The van der Waals surface area contributed by atoms with E-state index in [-0.39, 0.29) is 5.41 Å². The Bertz CT molecular complexity index is 589. The van der Waals surface area contributed by atoms with Crippen molar-refractivity contribution < 1.29 is 4.74 Å². The molecule has 1 fully saturated rings. The van der Waals surface area contributed by atoms with Crippen LogP contribution in [0.3, 0.4) is 0 Å². The van der Waals surface area contributed by atoms with Gasteiger partial charge in [0.2, 0.25) is 0 Å². The van der Waals surface area contributed by atoms with Crippen molar-refractivity contribution >= 4 is 17.1 Å². The Morgan fingerprint density at radius 3 is 2.44 bits per heavy atom. The zero-order valence-corrected chi connectivity index (χ0v) is 17.9. The number of nitrogens with one attached hydrogen (secondary N) is 2. The molecule has 0 unspecified atom stereocenters. The quantitative estimate of drug-likeness (QED) is 0.545. The normalized spacial score (nSPS) is 15.9. The third-order valence-electron chi connectivity index (χ3n) is 5.48. The Morgan fingerprint density at radius 1 is 1.15 bits per heavy atom. The second-order valence-corrected chi connectivity index (χ2v) is 8.62. The number of anilines is 2. The molecule has 0 radical (unpaired) electrons. The molecule has 1 aromatic carbocycles. The molecule has 0 amide bonds. The van der Waals surface area contributed by atoms with E-state index in [1.807, 2.05) is 7.05 Å². The standard InChI is InChI=1S/C23H39N3O/c1-5-13-23(2,3)18-27-17-21(24)20-12-11-19(16-22(20)25-4)26-14-9-7-6-8-10-15-26/h11-12,16,24-25H,5-10,13-15,17-18H2,1-4H3. The van der Waals surface area contributed by atoms with Gasteiger partial charge in [0, 0.05) is 37.1 Å². The second-order valence-electron chi connectivity index (χ2n) is 8.62. The summed E-state index contributed by atoms with van der Waals surface area (Å²) in [7, 11) is 1.94. The van der Waals surface area contributed by atoms with E-state index in [1.54, 1.807) is 0 Å². The first-order valence-electron chi connectivity index (χ1n) is 10.7.